The van der Waals surface area contributed by atoms with E-state index >= 15 is 0 Å². The molecule has 2 rings (SSSR count). The Balaban J connectivity index is 2.64. The van der Waals surface area contributed by atoms with E-state index in [-0.39, 0.29) is 0 Å². The van der Waals surface area contributed by atoms with E-state index in [1.54, 1.807) is 0 Å². The molecule has 0 bridgehead atoms. The van der Waals surface area contributed by atoms with Crippen LogP contribution in [0.5, 0.6) is 0 Å². The lowest BCUT2D eigenvalue weighted by Crippen LogP contribution is -1.80. The van der Waals surface area contributed by atoms with Crippen LogP contribution in [-0.4, -0.2) is 0 Å². The number of nitriles is 1. The molecule has 3 heteroatoms. The zero-order valence-corrected chi connectivity index (χ0v) is 9.71. The van der Waals surface area contributed by atoms with Crippen molar-refractivity contribution in [2.24, 2.45) is 0 Å². The third kappa shape index (κ3) is 1.81. The molecule has 1 heterocycles. The van der Waals surface area contributed by atoms with Crippen LogP contribution in [-0.2, 0) is 0 Å². The van der Waals surface area contributed by atoms with Crippen LogP contribution in [0.15, 0.2) is 39.4 Å². The Hall–Kier alpha value is -1.53. The van der Waals surface area contributed by atoms with Crippen LogP contribution in [0.1, 0.15) is 11.3 Å². The number of furan rings is 1. The molecular weight excluding hydrogens is 254 g/mol. The Kier molecular flexibility index (Phi) is 2.61. The molecule has 0 N–H and O–H groups in total. The van der Waals surface area contributed by atoms with Gasteiger partial charge in [0, 0.05) is 0 Å². The highest BCUT2D eigenvalue weighted by atomic mass is 79.9. The Morgan fingerprint density at radius 1 is 1.40 bits per heavy atom. The van der Waals surface area contributed by atoms with Gasteiger partial charge < -0.3 is 4.42 Å². The van der Waals surface area contributed by atoms with Crippen LogP contribution >= 0.6 is 15.9 Å². The smallest absolute Gasteiger partial charge is 0.212 e. The van der Waals surface area contributed by atoms with Crippen LogP contribution in [0.25, 0.3) is 11.1 Å². The van der Waals surface area contributed by atoms with Crippen LogP contribution in [0.3, 0.4) is 0 Å². The van der Waals surface area contributed by atoms with Crippen molar-refractivity contribution in [2.45, 2.75) is 6.92 Å². The molecule has 0 atom stereocenters. The summed E-state index contributed by atoms with van der Waals surface area (Å²) in [4.78, 5) is 0. The number of benzene rings is 1. The number of hydrogen-bond acceptors (Lipinski definition) is 2. The number of halogens is 1. The highest BCUT2D eigenvalue weighted by molar-refractivity contribution is 9.10. The zero-order chi connectivity index (χ0) is 10.8. The molecule has 0 spiro atoms. The summed E-state index contributed by atoms with van der Waals surface area (Å²) in [5, 5.41) is 8.90. The Morgan fingerprint density at radius 3 is 2.87 bits per heavy atom. The normalized spacial score (nSPS) is 9.93. The standard InChI is InChI=1S/C12H8BrNO/c1-8-3-2-4-9(5-8)12-10(13)7-15-11(12)6-14/h2-5,7H,1H3. The molecule has 0 saturated heterocycles. The first-order chi connectivity index (χ1) is 7.22. The Morgan fingerprint density at radius 2 is 2.20 bits per heavy atom. The third-order valence-corrected chi connectivity index (χ3v) is 2.74. The molecule has 0 amide bonds. The minimum atomic E-state index is 0.340. The summed E-state index contributed by atoms with van der Waals surface area (Å²) in [6.45, 7) is 2.02. The van der Waals surface area contributed by atoms with Gasteiger partial charge in [0.25, 0.3) is 0 Å². The van der Waals surface area contributed by atoms with Gasteiger partial charge in [0.05, 0.1) is 10.0 Å². The van der Waals surface area contributed by atoms with Crippen LogP contribution < -0.4 is 0 Å². The summed E-state index contributed by atoms with van der Waals surface area (Å²) in [5.41, 5.74) is 2.97. The monoisotopic (exact) mass is 261 g/mol. The molecule has 15 heavy (non-hydrogen) atoms. The van der Waals surface area contributed by atoms with E-state index in [1.165, 1.54) is 6.26 Å². The SMILES string of the molecule is Cc1cccc(-c2c(Br)coc2C#N)c1. The molecule has 1 aromatic carbocycles. The van der Waals surface area contributed by atoms with E-state index in [2.05, 4.69) is 15.9 Å². The van der Waals surface area contributed by atoms with Crippen molar-refractivity contribution in [1.29, 1.82) is 5.26 Å². The maximum absolute atomic E-state index is 8.90. The molecule has 74 valence electrons. The average molecular weight is 262 g/mol. The molecule has 1 aromatic heterocycles. The Labute approximate surface area is 96.3 Å². The van der Waals surface area contributed by atoms with Crippen LogP contribution in [0.4, 0.5) is 0 Å². The van der Waals surface area contributed by atoms with Crippen molar-refractivity contribution < 1.29 is 4.42 Å². The molecule has 0 unspecified atom stereocenters. The van der Waals surface area contributed by atoms with Crippen molar-refractivity contribution >= 4 is 15.9 Å². The number of aryl methyl sites for hydroxylation is 1. The predicted octanol–water partition coefficient (Wildman–Crippen LogP) is 3.89. The molecule has 2 nitrogen and oxygen atoms in total. The minimum Gasteiger partial charge on any atom is -0.452 e. The molecule has 2 aromatic rings. The summed E-state index contributed by atoms with van der Waals surface area (Å²) in [5.74, 6) is 0.340. The van der Waals surface area contributed by atoms with E-state index in [0.29, 0.717) is 5.76 Å². The molecule has 0 radical (unpaired) electrons. The lowest BCUT2D eigenvalue weighted by Gasteiger charge is -2.00. The summed E-state index contributed by atoms with van der Waals surface area (Å²) in [6.07, 6.45) is 1.54. The second-order valence-corrected chi connectivity index (χ2v) is 4.12. The molecule has 0 aliphatic heterocycles. The van der Waals surface area contributed by atoms with Gasteiger partial charge in [-0.05, 0) is 28.4 Å². The van der Waals surface area contributed by atoms with Crippen molar-refractivity contribution in [3.8, 4) is 17.2 Å². The van der Waals surface area contributed by atoms with Crippen molar-refractivity contribution in [1.82, 2.24) is 0 Å². The van der Waals surface area contributed by atoms with Gasteiger partial charge in [-0.15, -0.1) is 0 Å². The first-order valence-electron chi connectivity index (χ1n) is 4.46. The quantitative estimate of drug-likeness (QED) is 0.781. The largest absolute Gasteiger partial charge is 0.452 e. The maximum atomic E-state index is 8.90. The van der Waals surface area contributed by atoms with E-state index in [4.69, 9.17) is 9.68 Å². The van der Waals surface area contributed by atoms with Crippen molar-refractivity contribution in [3.63, 3.8) is 0 Å². The number of nitrogens with zero attached hydrogens (tertiary/aromatic N) is 1. The van der Waals surface area contributed by atoms with E-state index in [1.807, 2.05) is 37.3 Å². The highest BCUT2D eigenvalue weighted by Crippen LogP contribution is 2.33. The summed E-state index contributed by atoms with van der Waals surface area (Å²) < 4.78 is 5.94. The second-order valence-electron chi connectivity index (χ2n) is 3.27. The van der Waals surface area contributed by atoms with E-state index in [9.17, 15) is 0 Å². The number of hydrogen-bond donors (Lipinski definition) is 0. The minimum absolute atomic E-state index is 0.340. The van der Waals surface area contributed by atoms with E-state index in [0.717, 1.165) is 21.2 Å². The van der Waals surface area contributed by atoms with Gasteiger partial charge in [-0.1, -0.05) is 29.8 Å². The first-order valence-corrected chi connectivity index (χ1v) is 5.26. The predicted molar refractivity (Wildman–Crippen MR) is 61.3 cm³/mol. The fourth-order valence-corrected chi connectivity index (χ4v) is 1.99. The maximum Gasteiger partial charge on any atom is 0.212 e. The highest BCUT2D eigenvalue weighted by Gasteiger charge is 2.13. The summed E-state index contributed by atoms with van der Waals surface area (Å²) in [6, 6.07) is 10.0. The second kappa shape index (κ2) is 3.92. The molecular formula is C12H8BrNO. The van der Waals surface area contributed by atoms with Gasteiger partial charge >= 0.3 is 0 Å². The average Bonchev–Trinajstić information content (AvgIpc) is 2.59. The summed E-state index contributed by atoms with van der Waals surface area (Å²) >= 11 is 3.37. The van der Waals surface area contributed by atoms with Crippen LogP contribution in [0, 0.1) is 18.3 Å². The van der Waals surface area contributed by atoms with Gasteiger partial charge in [0.15, 0.2) is 0 Å². The van der Waals surface area contributed by atoms with Gasteiger partial charge in [-0.25, -0.2) is 0 Å². The molecule has 0 aliphatic carbocycles. The van der Waals surface area contributed by atoms with Gasteiger partial charge in [-0.3, -0.25) is 0 Å². The van der Waals surface area contributed by atoms with Crippen molar-refractivity contribution in [3.05, 3.63) is 46.3 Å². The first kappa shape index (κ1) is 10.0. The lowest BCUT2D eigenvalue weighted by molar-refractivity contribution is 0.552. The van der Waals surface area contributed by atoms with Gasteiger partial charge in [0.1, 0.15) is 12.3 Å². The molecule has 0 fully saturated rings. The topological polar surface area (TPSA) is 36.9 Å². The number of rotatable bonds is 1. The van der Waals surface area contributed by atoms with Gasteiger partial charge in [-0.2, -0.15) is 5.26 Å². The lowest BCUT2D eigenvalue weighted by atomic mass is 10.0. The zero-order valence-electron chi connectivity index (χ0n) is 8.12. The van der Waals surface area contributed by atoms with Crippen LogP contribution in [0.2, 0.25) is 0 Å². The Bertz CT molecular complexity index is 537. The third-order valence-electron chi connectivity index (χ3n) is 2.15. The summed E-state index contributed by atoms with van der Waals surface area (Å²) in [7, 11) is 0. The fourth-order valence-electron chi connectivity index (χ4n) is 1.49. The fraction of sp³-hybridized carbons (Fsp3) is 0.0833. The van der Waals surface area contributed by atoms with E-state index < -0.39 is 0 Å². The molecule has 0 aliphatic rings. The van der Waals surface area contributed by atoms with Crippen molar-refractivity contribution in [2.75, 3.05) is 0 Å². The van der Waals surface area contributed by atoms with Gasteiger partial charge in [0.2, 0.25) is 5.76 Å². The molecule has 0 saturated carbocycles.